The minimum Gasteiger partial charge on any atom is -0.480 e. The Kier molecular flexibility index (Phi) is 5.24. The lowest BCUT2D eigenvalue weighted by atomic mass is 10.3. The number of amides is 1. The van der Waals surface area contributed by atoms with Crippen LogP contribution >= 0.6 is 11.3 Å². The second-order valence-corrected chi connectivity index (χ2v) is 5.19. The lowest BCUT2D eigenvalue weighted by Crippen LogP contribution is -2.33. The van der Waals surface area contributed by atoms with E-state index in [1.54, 1.807) is 7.05 Å². The number of nitrogens with one attached hydrogen (secondary N) is 1. The van der Waals surface area contributed by atoms with Gasteiger partial charge in [0, 0.05) is 4.88 Å². The zero-order valence-corrected chi connectivity index (χ0v) is 11.5. The van der Waals surface area contributed by atoms with Crippen LogP contribution in [0.1, 0.15) is 17.5 Å². The molecule has 100 valence electrons. The molecule has 0 aliphatic rings. The van der Waals surface area contributed by atoms with Crippen LogP contribution in [-0.4, -0.2) is 47.0 Å². The molecule has 0 saturated heterocycles. The third-order valence-electron chi connectivity index (χ3n) is 2.29. The van der Waals surface area contributed by atoms with E-state index in [2.05, 4.69) is 10.3 Å². The summed E-state index contributed by atoms with van der Waals surface area (Å²) in [5.74, 6) is -1.21. The van der Waals surface area contributed by atoms with Gasteiger partial charge >= 0.3 is 5.97 Å². The number of carbonyl (C=O) groups excluding carboxylic acids is 1. The standard InChI is InChI=1S/C11H17N3O3S/c1-4-8-7(2)18-11(12-8)13-9(15)5-14(3)6-10(16)17/h4-6H2,1-3H3,(H,16,17)(H,12,13,15). The normalized spacial score (nSPS) is 10.7. The largest absolute Gasteiger partial charge is 0.480 e. The molecule has 0 saturated carbocycles. The molecule has 7 heteroatoms. The summed E-state index contributed by atoms with van der Waals surface area (Å²) in [4.78, 5) is 28.9. The van der Waals surface area contributed by atoms with E-state index >= 15 is 0 Å². The SMILES string of the molecule is CCc1nc(NC(=O)CN(C)CC(=O)O)sc1C. The highest BCUT2D eigenvalue weighted by molar-refractivity contribution is 7.15. The first-order valence-electron chi connectivity index (χ1n) is 5.58. The number of nitrogens with zero attached hydrogens (tertiary/aromatic N) is 2. The maximum atomic E-state index is 11.6. The number of carboxylic acids is 1. The van der Waals surface area contributed by atoms with E-state index in [-0.39, 0.29) is 19.0 Å². The molecule has 18 heavy (non-hydrogen) atoms. The second-order valence-electron chi connectivity index (χ2n) is 3.99. The summed E-state index contributed by atoms with van der Waals surface area (Å²) in [6.45, 7) is 3.84. The van der Waals surface area contributed by atoms with Crippen molar-refractivity contribution in [3.8, 4) is 0 Å². The van der Waals surface area contributed by atoms with E-state index < -0.39 is 5.97 Å². The quantitative estimate of drug-likeness (QED) is 0.805. The van der Waals surface area contributed by atoms with Crippen molar-refractivity contribution in [1.82, 2.24) is 9.88 Å². The van der Waals surface area contributed by atoms with Crippen molar-refractivity contribution in [1.29, 1.82) is 0 Å². The van der Waals surface area contributed by atoms with Crippen LogP contribution in [0.15, 0.2) is 0 Å². The molecule has 1 heterocycles. The smallest absolute Gasteiger partial charge is 0.317 e. The van der Waals surface area contributed by atoms with Gasteiger partial charge in [0.15, 0.2) is 5.13 Å². The van der Waals surface area contributed by atoms with Gasteiger partial charge in [-0.2, -0.15) is 0 Å². The summed E-state index contributed by atoms with van der Waals surface area (Å²) >= 11 is 1.43. The molecule has 1 aromatic heterocycles. The number of carbonyl (C=O) groups is 2. The summed E-state index contributed by atoms with van der Waals surface area (Å²) in [7, 11) is 1.58. The van der Waals surface area contributed by atoms with Crippen molar-refractivity contribution >= 4 is 28.3 Å². The predicted molar refractivity (Wildman–Crippen MR) is 70.0 cm³/mol. The number of carboxylic acid groups (broad SMARTS) is 1. The fourth-order valence-electron chi connectivity index (χ4n) is 1.50. The van der Waals surface area contributed by atoms with Gasteiger partial charge in [-0.1, -0.05) is 6.92 Å². The third-order valence-corrected chi connectivity index (χ3v) is 3.22. The van der Waals surface area contributed by atoms with Gasteiger partial charge in [0.05, 0.1) is 18.8 Å². The van der Waals surface area contributed by atoms with Crippen LogP contribution in [0.5, 0.6) is 0 Å². The average Bonchev–Trinajstić information content (AvgIpc) is 2.56. The van der Waals surface area contributed by atoms with Crippen LogP contribution in [0.4, 0.5) is 5.13 Å². The van der Waals surface area contributed by atoms with Crippen LogP contribution in [0, 0.1) is 6.92 Å². The van der Waals surface area contributed by atoms with Gasteiger partial charge in [0.25, 0.3) is 0 Å². The lowest BCUT2D eigenvalue weighted by molar-refractivity contribution is -0.138. The Morgan fingerprint density at radius 2 is 2.11 bits per heavy atom. The fraction of sp³-hybridized carbons (Fsp3) is 0.545. The van der Waals surface area contributed by atoms with Crippen molar-refractivity contribution < 1.29 is 14.7 Å². The molecular weight excluding hydrogens is 254 g/mol. The number of hydrogen-bond acceptors (Lipinski definition) is 5. The molecule has 6 nitrogen and oxygen atoms in total. The molecule has 2 N–H and O–H groups in total. The van der Waals surface area contributed by atoms with E-state index in [0.29, 0.717) is 5.13 Å². The van der Waals surface area contributed by atoms with Crippen molar-refractivity contribution in [2.24, 2.45) is 0 Å². The van der Waals surface area contributed by atoms with Gasteiger partial charge in [0.1, 0.15) is 0 Å². The molecule has 0 aliphatic heterocycles. The predicted octanol–water partition coefficient (Wildman–Crippen LogP) is 0.969. The molecule has 0 radical (unpaired) electrons. The van der Waals surface area contributed by atoms with E-state index in [9.17, 15) is 9.59 Å². The number of hydrogen-bond donors (Lipinski definition) is 2. The molecule has 0 spiro atoms. The van der Waals surface area contributed by atoms with Crippen LogP contribution in [0.25, 0.3) is 0 Å². The number of aliphatic carboxylic acids is 1. The number of rotatable bonds is 6. The maximum Gasteiger partial charge on any atom is 0.317 e. The van der Waals surface area contributed by atoms with Crippen molar-refractivity contribution in [2.75, 3.05) is 25.5 Å². The van der Waals surface area contributed by atoms with Crippen molar-refractivity contribution in [3.63, 3.8) is 0 Å². The Morgan fingerprint density at radius 3 is 2.61 bits per heavy atom. The molecule has 0 atom stereocenters. The molecule has 1 amide bonds. The lowest BCUT2D eigenvalue weighted by Gasteiger charge is -2.12. The Bertz CT molecular complexity index is 445. The average molecular weight is 271 g/mol. The molecule has 0 unspecified atom stereocenters. The van der Waals surface area contributed by atoms with Crippen molar-refractivity contribution in [2.45, 2.75) is 20.3 Å². The number of anilines is 1. The molecule has 0 aliphatic carbocycles. The van der Waals surface area contributed by atoms with E-state index in [1.165, 1.54) is 16.2 Å². The molecule has 0 aromatic carbocycles. The molecule has 1 rings (SSSR count). The highest BCUT2D eigenvalue weighted by atomic mass is 32.1. The highest BCUT2D eigenvalue weighted by Gasteiger charge is 2.12. The third kappa shape index (κ3) is 4.42. The van der Waals surface area contributed by atoms with Gasteiger partial charge in [-0.15, -0.1) is 11.3 Å². The first kappa shape index (κ1) is 14.6. The van der Waals surface area contributed by atoms with Crippen LogP contribution in [0.3, 0.4) is 0 Å². The van der Waals surface area contributed by atoms with Crippen LogP contribution < -0.4 is 5.32 Å². The summed E-state index contributed by atoms with van der Waals surface area (Å²) in [6.07, 6.45) is 0.830. The number of aryl methyl sites for hydroxylation is 2. The first-order valence-corrected chi connectivity index (χ1v) is 6.40. The second kappa shape index (κ2) is 6.46. The summed E-state index contributed by atoms with van der Waals surface area (Å²) in [5, 5.41) is 11.8. The minimum absolute atomic E-state index is 0.0341. The van der Waals surface area contributed by atoms with Crippen LogP contribution in [-0.2, 0) is 16.0 Å². The fourth-order valence-corrected chi connectivity index (χ4v) is 2.42. The zero-order valence-electron chi connectivity index (χ0n) is 10.7. The Balaban J connectivity index is 2.51. The molecular formula is C11H17N3O3S. The molecule has 0 fully saturated rings. The highest BCUT2D eigenvalue weighted by Crippen LogP contribution is 2.22. The molecule has 0 bridgehead atoms. The summed E-state index contributed by atoms with van der Waals surface area (Å²) < 4.78 is 0. The van der Waals surface area contributed by atoms with Gasteiger partial charge in [-0.05, 0) is 20.4 Å². The van der Waals surface area contributed by atoms with E-state index in [0.717, 1.165) is 17.0 Å². The Morgan fingerprint density at radius 1 is 1.44 bits per heavy atom. The number of aromatic nitrogens is 1. The van der Waals surface area contributed by atoms with Gasteiger partial charge in [-0.3, -0.25) is 14.5 Å². The zero-order chi connectivity index (χ0) is 13.7. The topological polar surface area (TPSA) is 82.5 Å². The van der Waals surface area contributed by atoms with Crippen LogP contribution in [0.2, 0.25) is 0 Å². The minimum atomic E-state index is -0.955. The Labute approximate surface area is 110 Å². The summed E-state index contributed by atoms with van der Waals surface area (Å²) in [6, 6.07) is 0. The van der Waals surface area contributed by atoms with Crippen molar-refractivity contribution in [3.05, 3.63) is 10.6 Å². The molecule has 1 aromatic rings. The monoisotopic (exact) mass is 271 g/mol. The first-order chi connectivity index (χ1) is 8.42. The number of thiazole rings is 1. The van der Waals surface area contributed by atoms with E-state index in [4.69, 9.17) is 5.11 Å². The Hall–Kier alpha value is -1.47. The van der Waals surface area contributed by atoms with Gasteiger partial charge < -0.3 is 10.4 Å². The van der Waals surface area contributed by atoms with E-state index in [1.807, 2.05) is 13.8 Å². The van der Waals surface area contributed by atoms with Gasteiger partial charge in [0.2, 0.25) is 5.91 Å². The van der Waals surface area contributed by atoms with Gasteiger partial charge in [-0.25, -0.2) is 4.98 Å². The maximum absolute atomic E-state index is 11.6. The summed E-state index contributed by atoms with van der Waals surface area (Å²) in [5.41, 5.74) is 0.981. The number of likely N-dealkylation sites (N-methyl/N-ethyl adjacent to an activating group) is 1.